The number of amides is 1. The third kappa shape index (κ3) is 3.95. The molecule has 4 nitrogen and oxygen atoms in total. The van der Waals surface area contributed by atoms with Gasteiger partial charge in [0.15, 0.2) is 0 Å². The van der Waals surface area contributed by atoms with Gasteiger partial charge in [-0.3, -0.25) is 9.59 Å². The highest BCUT2D eigenvalue weighted by Crippen LogP contribution is 2.28. The number of para-hydroxylation sites is 1. The maximum Gasteiger partial charge on any atom is 0.292 e. The van der Waals surface area contributed by atoms with Crippen molar-refractivity contribution in [3.8, 4) is 0 Å². The highest BCUT2D eigenvalue weighted by atomic mass is 19.1. The maximum atomic E-state index is 13.3. The first kappa shape index (κ1) is 19.4. The summed E-state index contributed by atoms with van der Waals surface area (Å²) in [6.07, 6.45) is 5.25. The Labute approximate surface area is 169 Å². The molecule has 2 aromatic carbocycles. The Kier molecular flexibility index (Phi) is 5.47. The number of nitrogens with zero attached hydrogens (tertiary/aromatic N) is 1. The van der Waals surface area contributed by atoms with Crippen LogP contribution >= 0.6 is 0 Å². The second kappa shape index (κ2) is 8.19. The Morgan fingerprint density at radius 3 is 2.45 bits per heavy atom. The normalized spacial score (nSPS) is 14.8. The van der Waals surface area contributed by atoms with E-state index < -0.39 is 11.7 Å². The number of aromatic nitrogens is 1. The molecule has 1 aliphatic rings. The van der Waals surface area contributed by atoms with E-state index in [9.17, 15) is 14.0 Å². The fourth-order valence-electron chi connectivity index (χ4n) is 4.31. The van der Waals surface area contributed by atoms with E-state index in [1.807, 2.05) is 35.8 Å². The van der Waals surface area contributed by atoms with Crippen LogP contribution < -0.4 is 5.32 Å². The molecule has 1 fully saturated rings. The van der Waals surface area contributed by atoms with Crippen LogP contribution in [0.3, 0.4) is 0 Å². The number of carbonyl (C=O) groups excluding carboxylic acids is 2. The van der Waals surface area contributed by atoms with Gasteiger partial charge in [0, 0.05) is 29.2 Å². The van der Waals surface area contributed by atoms with Crippen LogP contribution in [0.2, 0.25) is 0 Å². The van der Waals surface area contributed by atoms with E-state index in [1.165, 1.54) is 18.6 Å². The standard InChI is InChI=1S/C24H25FN2O2/c1-16-22(23(28)24(29)26-19-7-3-2-4-8-19)20-9-5-6-10-21(20)27(16)15-17-11-13-18(25)14-12-17/h5-6,9-14,19H,2-4,7-8,15H2,1H3,(H,26,29). The van der Waals surface area contributed by atoms with Crippen molar-refractivity contribution in [2.24, 2.45) is 0 Å². The fraction of sp³-hybridized carbons (Fsp3) is 0.333. The van der Waals surface area contributed by atoms with Crippen LogP contribution in [0.1, 0.15) is 53.7 Å². The van der Waals surface area contributed by atoms with Gasteiger partial charge >= 0.3 is 0 Å². The quantitative estimate of drug-likeness (QED) is 0.502. The largest absolute Gasteiger partial charge is 0.346 e. The van der Waals surface area contributed by atoms with Gasteiger partial charge in [0.1, 0.15) is 5.82 Å². The van der Waals surface area contributed by atoms with Crippen LogP contribution in [-0.4, -0.2) is 22.3 Å². The predicted octanol–water partition coefficient (Wildman–Crippen LogP) is 4.77. The summed E-state index contributed by atoms with van der Waals surface area (Å²) in [5.41, 5.74) is 3.03. The molecule has 0 radical (unpaired) electrons. The Hall–Kier alpha value is -2.95. The minimum absolute atomic E-state index is 0.0908. The zero-order chi connectivity index (χ0) is 20.4. The van der Waals surface area contributed by atoms with E-state index in [2.05, 4.69) is 5.32 Å². The summed E-state index contributed by atoms with van der Waals surface area (Å²) < 4.78 is 15.3. The number of ketones is 1. The van der Waals surface area contributed by atoms with Crippen molar-refractivity contribution in [3.63, 3.8) is 0 Å². The van der Waals surface area contributed by atoms with Gasteiger partial charge in [-0.15, -0.1) is 0 Å². The average Bonchev–Trinajstić information content (AvgIpc) is 3.01. The molecule has 1 heterocycles. The first-order chi connectivity index (χ1) is 14.0. The SMILES string of the molecule is Cc1c(C(=O)C(=O)NC2CCCCC2)c2ccccc2n1Cc1ccc(F)cc1. The van der Waals surface area contributed by atoms with Gasteiger partial charge in [-0.2, -0.15) is 0 Å². The second-order valence-corrected chi connectivity index (χ2v) is 7.83. The van der Waals surface area contributed by atoms with Crippen molar-refractivity contribution in [2.75, 3.05) is 0 Å². The number of hydrogen-bond acceptors (Lipinski definition) is 2. The lowest BCUT2D eigenvalue weighted by Crippen LogP contribution is -2.40. The fourth-order valence-corrected chi connectivity index (χ4v) is 4.31. The van der Waals surface area contributed by atoms with Crippen LogP contribution in [0.25, 0.3) is 10.9 Å². The molecular weight excluding hydrogens is 367 g/mol. The number of Topliss-reactive ketones (excluding diaryl/α,β-unsaturated/α-hetero) is 1. The van der Waals surface area contributed by atoms with Gasteiger partial charge in [0.25, 0.3) is 11.7 Å². The number of hydrogen-bond donors (Lipinski definition) is 1. The molecule has 0 aliphatic heterocycles. The smallest absolute Gasteiger partial charge is 0.292 e. The molecule has 0 unspecified atom stereocenters. The molecule has 29 heavy (non-hydrogen) atoms. The van der Waals surface area contributed by atoms with E-state index >= 15 is 0 Å². The second-order valence-electron chi connectivity index (χ2n) is 7.83. The molecular formula is C24H25FN2O2. The van der Waals surface area contributed by atoms with Crippen LogP contribution in [0.4, 0.5) is 4.39 Å². The number of fused-ring (bicyclic) bond motifs is 1. The van der Waals surface area contributed by atoms with Gasteiger partial charge < -0.3 is 9.88 Å². The topological polar surface area (TPSA) is 51.1 Å². The van der Waals surface area contributed by atoms with Crippen LogP contribution in [0.15, 0.2) is 48.5 Å². The third-order valence-electron chi connectivity index (χ3n) is 5.86. The Morgan fingerprint density at radius 1 is 1.03 bits per heavy atom. The first-order valence-corrected chi connectivity index (χ1v) is 10.2. The zero-order valence-corrected chi connectivity index (χ0v) is 16.6. The minimum atomic E-state index is -0.523. The van der Waals surface area contributed by atoms with Crippen molar-refractivity contribution >= 4 is 22.6 Å². The van der Waals surface area contributed by atoms with E-state index in [4.69, 9.17) is 0 Å². The maximum absolute atomic E-state index is 13.3. The Morgan fingerprint density at radius 2 is 1.72 bits per heavy atom. The van der Waals surface area contributed by atoms with E-state index in [1.54, 1.807) is 12.1 Å². The number of rotatable bonds is 5. The number of benzene rings is 2. The van der Waals surface area contributed by atoms with Crippen molar-refractivity contribution in [2.45, 2.75) is 51.6 Å². The lowest BCUT2D eigenvalue weighted by molar-refractivity contribution is -0.117. The monoisotopic (exact) mass is 392 g/mol. The summed E-state index contributed by atoms with van der Waals surface area (Å²) in [5, 5.41) is 3.71. The molecule has 3 aromatic rings. The van der Waals surface area contributed by atoms with Crippen LogP contribution in [-0.2, 0) is 11.3 Å². The lowest BCUT2D eigenvalue weighted by atomic mass is 9.95. The van der Waals surface area contributed by atoms with Gasteiger partial charge in [0.05, 0.1) is 5.56 Å². The summed E-state index contributed by atoms with van der Waals surface area (Å²) in [6, 6.07) is 14.0. The first-order valence-electron chi connectivity index (χ1n) is 10.2. The molecule has 1 saturated carbocycles. The summed E-state index contributed by atoms with van der Waals surface area (Å²) in [4.78, 5) is 25.8. The molecule has 0 saturated heterocycles. The van der Waals surface area contributed by atoms with E-state index in [0.717, 1.165) is 47.8 Å². The number of carbonyl (C=O) groups is 2. The molecule has 0 bridgehead atoms. The van der Waals surface area contributed by atoms with Crippen molar-refractivity contribution in [1.82, 2.24) is 9.88 Å². The molecule has 1 amide bonds. The van der Waals surface area contributed by atoms with Crippen molar-refractivity contribution < 1.29 is 14.0 Å². The van der Waals surface area contributed by atoms with Gasteiger partial charge in [-0.25, -0.2) is 4.39 Å². The molecule has 4 rings (SSSR count). The Bertz CT molecular complexity index is 1050. The minimum Gasteiger partial charge on any atom is -0.346 e. The highest BCUT2D eigenvalue weighted by molar-refractivity contribution is 6.45. The summed E-state index contributed by atoms with van der Waals surface area (Å²) >= 11 is 0. The molecule has 1 N–H and O–H groups in total. The zero-order valence-electron chi connectivity index (χ0n) is 16.6. The van der Waals surface area contributed by atoms with Crippen LogP contribution in [0, 0.1) is 12.7 Å². The van der Waals surface area contributed by atoms with E-state index in [0.29, 0.717) is 12.1 Å². The number of halogens is 1. The lowest BCUT2D eigenvalue weighted by Gasteiger charge is -2.22. The summed E-state index contributed by atoms with van der Waals surface area (Å²) in [5.74, 6) is -1.29. The van der Waals surface area contributed by atoms with Gasteiger partial charge in [0.2, 0.25) is 0 Å². The molecule has 0 atom stereocenters. The summed E-state index contributed by atoms with van der Waals surface area (Å²) in [7, 11) is 0. The Balaban J connectivity index is 1.67. The predicted molar refractivity (Wildman–Crippen MR) is 112 cm³/mol. The summed E-state index contributed by atoms with van der Waals surface area (Å²) in [6.45, 7) is 2.37. The van der Waals surface area contributed by atoms with Crippen molar-refractivity contribution in [1.29, 1.82) is 0 Å². The van der Waals surface area contributed by atoms with Gasteiger partial charge in [-0.05, 0) is 43.5 Å². The van der Waals surface area contributed by atoms with Crippen LogP contribution in [0.5, 0.6) is 0 Å². The molecule has 150 valence electrons. The molecule has 5 heteroatoms. The molecule has 1 aromatic heterocycles. The van der Waals surface area contributed by atoms with E-state index in [-0.39, 0.29) is 11.9 Å². The molecule has 1 aliphatic carbocycles. The number of nitrogens with one attached hydrogen (secondary N) is 1. The highest BCUT2D eigenvalue weighted by Gasteiger charge is 2.27. The van der Waals surface area contributed by atoms with Gasteiger partial charge in [-0.1, -0.05) is 49.6 Å². The average molecular weight is 392 g/mol. The third-order valence-corrected chi connectivity index (χ3v) is 5.86. The molecule has 0 spiro atoms. The van der Waals surface area contributed by atoms with Crippen molar-refractivity contribution in [3.05, 3.63) is 71.2 Å².